The average Bonchev–Trinajstić information content (AvgIpc) is 3.03. The van der Waals surface area contributed by atoms with Crippen LogP contribution in [0.4, 0.5) is 5.69 Å². The van der Waals surface area contributed by atoms with Crippen molar-refractivity contribution in [3.63, 3.8) is 0 Å². The van der Waals surface area contributed by atoms with Crippen molar-refractivity contribution in [3.8, 4) is 11.5 Å². The molecule has 1 amide bonds. The molecule has 1 aromatic heterocycles. The molecule has 0 saturated carbocycles. The van der Waals surface area contributed by atoms with E-state index in [1.165, 1.54) is 0 Å². The van der Waals surface area contributed by atoms with E-state index in [-0.39, 0.29) is 11.9 Å². The first-order valence-corrected chi connectivity index (χ1v) is 8.28. The molecule has 3 rings (SSSR count). The second-order valence-electron chi connectivity index (χ2n) is 6.04. The summed E-state index contributed by atoms with van der Waals surface area (Å²) in [4.78, 5) is 21.1. The molecule has 6 nitrogen and oxygen atoms in total. The number of carbonyl (C=O) groups excluding carboxylic acids is 1. The molecule has 0 unspecified atom stereocenters. The van der Waals surface area contributed by atoms with Gasteiger partial charge in [-0.1, -0.05) is 18.2 Å². The van der Waals surface area contributed by atoms with Gasteiger partial charge in [0.15, 0.2) is 11.5 Å². The third-order valence-corrected chi connectivity index (χ3v) is 4.54. The molecule has 1 atom stereocenters. The first-order valence-electron chi connectivity index (χ1n) is 8.28. The van der Waals surface area contributed by atoms with E-state index in [4.69, 9.17) is 9.47 Å². The summed E-state index contributed by atoms with van der Waals surface area (Å²) >= 11 is 0. The Hall–Kier alpha value is -2.60. The SMILES string of the molecule is COc1ccnc(CN(C)[C@@H]2CCN(c3ccccc3)C2=O)c1OC. The van der Waals surface area contributed by atoms with Gasteiger partial charge in [0.1, 0.15) is 5.69 Å². The molecule has 1 fully saturated rings. The van der Waals surface area contributed by atoms with Gasteiger partial charge >= 0.3 is 0 Å². The van der Waals surface area contributed by atoms with Gasteiger partial charge in [-0.15, -0.1) is 0 Å². The van der Waals surface area contributed by atoms with Crippen molar-refractivity contribution in [2.75, 3.05) is 32.7 Å². The van der Waals surface area contributed by atoms with Crippen LogP contribution in [0.5, 0.6) is 11.5 Å². The lowest BCUT2D eigenvalue weighted by Gasteiger charge is -2.24. The summed E-state index contributed by atoms with van der Waals surface area (Å²) in [5, 5.41) is 0. The van der Waals surface area contributed by atoms with Crippen LogP contribution in [0.25, 0.3) is 0 Å². The number of anilines is 1. The Bertz CT molecular complexity index is 736. The number of nitrogens with zero attached hydrogens (tertiary/aromatic N) is 3. The average molecular weight is 341 g/mol. The molecule has 1 aliphatic rings. The van der Waals surface area contributed by atoms with Crippen molar-refractivity contribution in [1.82, 2.24) is 9.88 Å². The number of aromatic nitrogens is 1. The fraction of sp³-hybridized carbons (Fsp3) is 0.368. The molecule has 2 aromatic rings. The number of para-hydroxylation sites is 1. The zero-order valence-electron chi connectivity index (χ0n) is 14.8. The van der Waals surface area contributed by atoms with Crippen LogP contribution < -0.4 is 14.4 Å². The van der Waals surface area contributed by atoms with Crippen LogP contribution in [0.15, 0.2) is 42.6 Å². The maximum atomic E-state index is 12.8. The van der Waals surface area contributed by atoms with Crippen LogP contribution in [-0.2, 0) is 11.3 Å². The number of rotatable bonds is 6. The van der Waals surface area contributed by atoms with Crippen molar-refractivity contribution in [2.24, 2.45) is 0 Å². The Labute approximate surface area is 148 Å². The molecule has 0 aliphatic carbocycles. The first kappa shape index (κ1) is 17.2. The molecule has 0 spiro atoms. The topological polar surface area (TPSA) is 54.9 Å². The van der Waals surface area contributed by atoms with Crippen LogP contribution in [0.2, 0.25) is 0 Å². The van der Waals surface area contributed by atoms with E-state index >= 15 is 0 Å². The normalized spacial score (nSPS) is 17.2. The fourth-order valence-electron chi connectivity index (χ4n) is 3.25. The quantitative estimate of drug-likeness (QED) is 0.807. The van der Waals surface area contributed by atoms with Crippen molar-refractivity contribution in [3.05, 3.63) is 48.3 Å². The molecule has 0 radical (unpaired) electrons. The highest BCUT2D eigenvalue weighted by molar-refractivity contribution is 5.99. The summed E-state index contributed by atoms with van der Waals surface area (Å²) in [6, 6.07) is 11.4. The maximum absolute atomic E-state index is 12.8. The van der Waals surface area contributed by atoms with Crippen LogP contribution >= 0.6 is 0 Å². The number of carbonyl (C=O) groups is 1. The van der Waals surface area contributed by atoms with E-state index in [1.54, 1.807) is 26.5 Å². The fourth-order valence-corrected chi connectivity index (χ4v) is 3.25. The Morgan fingerprint density at radius 3 is 2.64 bits per heavy atom. The van der Waals surface area contributed by atoms with Crippen molar-refractivity contribution in [2.45, 2.75) is 19.0 Å². The zero-order chi connectivity index (χ0) is 17.8. The smallest absolute Gasteiger partial charge is 0.244 e. The van der Waals surface area contributed by atoms with Gasteiger partial charge < -0.3 is 14.4 Å². The van der Waals surface area contributed by atoms with Gasteiger partial charge in [0.25, 0.3) is 0 Å². The third kappa shape index (κ3) is 3.44. The van der Waals surface area contributed by atoms with Crippen molar-refractivity contribution in [1.29, 1.82) is 0 Å². The van der Waals surface area contributed by atoms with Crippen LogP contribution in [0.1, 0.15) is 12.1 Å². The predicted octanol–water partition coefficient (Wildman–Crippen LogP) is 2.34. The summed E-state index contributed by atoms with van der Waals surface area (Å²) in [5.74, 6) is 1.38. The molecule has 1 saturated heterocycles. The molecular weight excluding hydrogens is 318 g/mol. The largest absolute Gasteiger partial charge is 0.493 e. The van der Waals surface area contributed by atoms with Crippen LogP contribution in [0, 0.1) is 0 Å². The van der Waals surface area contributed by atoms with E-state index in [1.807, 2.05) is 47.2 Å². The van der Waals surface area contributed by atoms with E-state index in [9.17, 15) is 4.79 Å². The van der Waals surface area contributed by atoms with Gasteiger partial charge in [-0.3, -0.25) is 14.7 Å². The molecule has 0 bridgehead atoms. The van der Waals surface area contributed by atoms with Gasteiger partial charge in [-0.25, -0.2) is 0 Å². The molecular formula is C19H23N3O3. The number of hydrogen-bond donors (Lipinski definition) is 0. The Morgan fingerprint density at radius 2 is 1.96 bits per heavy atom. The highest BCUT2D eigenvalue weighted by atomic mass is 16.5. The molecule has 25 heavy (non-hydrogen) atoms. The number of hydrogen-bond acceptors (Lipinski definition) is 5. The van der Waals surface area contributed by atoms with Gasteiger partial charge in [0.2, 0.25) is 5.91 Å². The van der Waals surface area contributed by atoms with Crippen LogP contribution in [-0.4, -0.2) is 49.6 Å². The second kappa shape index (κ2) is 7.53. The Kier molecular flexibility index (Phi) is 5.19. The van der Waals surface area contributed by atoms with E-state index in [0.29, 0.717) is 18.0 Å². The number of amides is 1. The van der Waals surface area contributed by atoms with Gasteiger partial charge in [-0.05, 0) is 25.6 Å². The summed E-state index contributed by atoms with van der Waals surface area (Å²) in [6.45, 7) is 1.24. The number of likely N-dealkylation sites (N-methyl/N-ethyl adjacent to an activating group) is 1. The lowest BCUT2D eigenvalue weighted by molar-refractivity contribution is -0.121. The molecule has 0 N–H and O–H groups in total. The van der Waals surface area contributed by atoms with Crippen molar-refractivity contribution < 1.29 is 14.3 Å². The Morgan fingerprint density at radius 1 is 1.20 bits per heavy atom. The second-order valence-corrected chi connectivity index (χ2v) is 6.04. The maximum Gasteiger partial charge on any atom is 0.244 e. The number of pyridine rings is 1. The minimum atomic E-state index is -0.169. The van der Waals surface area contributed by atoms with E-state index in [0.717, 1.165) is 24.3 Å². The number of methoxy groups -OCH3 is 2. The highest BCUT2D eigenvalue weighted by Gasteiger charge is 2.35. The summed E-state index contributed by atoms with van der Waals surface area (Å²) in [5.41, 5.74) is 1.70. The minimum Gasteiger partial charge on any atom is -0.493 e. The molecule has 6 heteroatoms. The minimum absolute atomic E-state index is 0.121. The standard InChI is InChI=1S/C19H23N3O3/c1-21(13-15-18(25-3)17(24-2)9-11-20-15)16-10-12-22(19(16)23)14-7-5-4-6-8-14/h4-9,11,16H,10,12-13H2,1-3H3/t16-/m1/s1. The predicted molar refractivity (Wildman–Crippen MR) is 96.0 cm³/mol. The Balaban J connectivity index is 1.74. The van der Waals surface area contributed by atoms with Crippen LogP contribution in [0.3, 0.4) is 0 Å². The molecule has 2 heterocycles. The van der Waals surface area contributed by atoms with E-state index < -0.39 is 0 Å². The van der Waals surface area contributed by atoms with Gasteiger partial charge in [0, 0.05) is 31.0 Å². The third-order valence-electron chi connectivity index (χ3n) is 4.54. The zero-order valence-corrected chi connectivity index (χ0v) is 14.8. The molecule has 1 aromatic carbocycles. The summed E-state index contributed by atoms with van der Waals surface area (Å²) in [7, 11) is 5.14. The van der Waals surface area contributed by atoms with E-state index in [2.05, 4.69) is 4.98 Å². The first-order chi connectivity index (χ1) is 12.2. The summed E-state index contributed by atoms with van der Waals surface area (Å²) in [6.07, 6.45) is 2.48. The molecule has 132 valence electrons. The lowest BCUT2D eigenvalue weighted by Crippen LogP contribution is -2.39. The monoisotopic (exact) mass is 341 g/mol. The molecule has 1 aliphatic heterocycles. The van der Waals surface area contributed by atoms with Gasteiger partial charge in [0.05, 0.1) is 20.3 Å². The number of ether oxygens (including phenoxy) is 2. The lowest BCUT2D eigenvalue weighted by atomic mass is 10.2. The summed E-state index contributed by atoms with van der Waals surface area (Å²) < 4.78 is 10.8. The van der Waals surface area contributed by atoms with Gasteiger partial charge in [-0.2, -0.15) is 0 Å². The van der Waals surface area contributed by atoms with Crippen molar-refractivity contribution >= 4 is 11.6 Å². The number of benzene rings is 1. The highest BCUT2D eigenvalue weighted by Crippen LogP contribution is 2.31.